The lowest BCUT2D eigenvalue weighted by Gasteiger charge is -2.30. The van der Waals surface area contributed by atoms with Crippen molar-refractivity contribution in [3.63, 3.8) is 0 Å². The second kappa shape index (κ2) is 33.0. The zero-order valence-electron chi connectivity index (χ0n) is 42.8. The minimum Gasteiger partial charge on any atom is -0.386 e. The standard InChI is InChI=1S/C45H82N7O17P3S/c1-5-6-7-8-9-10-11-12-13-14-15-16-17-18-19-20-21-22-23-33(2)28-36(54)73-27-26-47-35(53)24-25-48-43(57)40(56)45(3,4)30-66-72(63,64)69-71(61,62)65-29-34-39(68-70(58,59)60)38(55)44(67-34)52-32-51-37-41(46)49-31-50-42(37)52/h31-34,38-40,44,55-56H,5-30H2,1-4H3,(H,47,53)(H,48,57)(H,61,62)(H,63,64)(H2,46,49,50)(H2,58,59,60). The first-order chi connectivity index (χ1) is 34.4. The van der Waals surface area contributed by atoms with Crippen LogP contribution in [0.15, 0.2) is 12.7 Å². The summed E-state index contributed by atoms with van der Waals surface area (Å²) in [6.45, 7) is 4.93. The first kappa shape index (κ1) is 64.8. The summed E-state index contributed by atoms with van der Waals surface area (Å²) in [5.41, 5.74) is 4.30. The van der Waals surface area contributed by atoms with Gasteiger partial charge in [-0.3, -0.25) is 32.5 Å². The molecule has 3 rings (SSSR count). The summed E-state index contributed by atoms with van der Waals surface area (Å²) in [4.78, 5) is 88.9. The number of nitrogens with zero attached hydrogens (tertiary/aromatic N) is 4. The Labute approximate surface area is 433 Å². The van der Waals surface area contributed by atoms with Crippen molar-refractivity contribution in [3.05, 3.63) is 12.7 Å². The van der Waals surface area contributed by atoms with Gasteiger partial charge < -0.3 is 50.9 Å². The molecule has 1 fully saturated rings. The average molecular weight is 1120 g/mol. The zero-order valence-corrected chi connectivity index (χ0v) is 46.3. The van der Waals surface area contributed by atoms with Crippen molar-refractivity contribution in [1.82, 2.24) is 30.2 Å². The van der Waals surface area contributed by atoms with Crippen molar-refractivity contribution >= 4 is 69.1 Å². The fraction of sp³-hybridized carbons (Fsp3) is 0.822. The van der Waals surface area contributed by atoms with Crippen molar-refractivity contribution in [3.8, 4) is 0 Å². The predicted octanol–water partition coefficient (Wildman–Crippen LogP) is 7.12. The Balaban J connectivity index is 1.25. The third-order valence-corrected chi connectivity index (χ3v) is 16.3. The van der Waals surface area contributed by atoms with E-state index in [0.717, 1.165) is 41.8 Å². The molecule has 1 aliphatic heterocycles. The fourth-order valence-corrected chi connectivity index (χ4v) is 11.8. The number of fused-ring (bicyclic) bond motifs is 1. The lowest BCUT2D eigenvalue weighted by atomic mass is 9.87. The molecule has 0 radical (unpaired) electrons. The smallest absolute Gasteiger partial charge is 0.386 e. The number of carbonyl (C=O) groups excluding carboxylic acids is 3. The number of aliphatic hydroxyl groups excluding tert-OH is 2. The van der Waals surface area contributed by atoms with Crippen molar-refractivity contribution in [2.24, 2.45) is 11.3 Å². The second-order valence-electron chi connectivity index (χ2n) is 19.4. The summed E-state index contributed by atoms with van der Waals surface area (Å²) < 4.78 is 62.6. The van der Waals surface area contributed by atoms with E-state index in [4.69, 9.17) is 19.5 Å². The Morgan fingerprint density at radius 3 is 1.97 bits per heavy atom. The van der Waals surface area contributed by atoms with Crippen LogP contribution in [0.4, 0.5) is 5.82 Å². The van der Waals surface area contributed by atoms with Crippen LogP contribution in [-0.4, -0.2) is 123 Å². The van der Waals surface area contributed by atoms with E-state index < -0.39 is 84.6 Å². The number of amides is 2. The maximum Gasteiger partial charge on any atom is 0.481 e. The molecule has 2 aromatic heterocycles. The molecule has 0 aliphatic carbocycles. The van der Waals surface area contributed by atoms with E-state index in [0.29, 0.717) is 12.2 Å². The second-order valence-corrected chi connectivity index (χ2v) is 24.8. The molecule has 28 heteroatoms. The number of hydrogen-bond acceptors (Lipinski definition) is 18. The van der Waals surface area contributed by atoms with Crippen molar-refractivity contribution in [1.29, 1.82) is 0 Å². The number of aromatic nitrogens is 4. The van der Waals surface area contributed by atoms with Gasteiger partial charge in [0.15, 0.2) is 22.8 Å². The SMILES string of the molecule is CCCCCCCCCCCCCCCCCCCCC(C)CC(=O)SCCNC(=O)CCNC(=O)C(O)C(C)(C)COP(=O)(O)OP(=O)(O)OCC1OC(n2cnc3c(N)ncnc32)C(O)C1OP(=O)(O)O. The van der Waals surface area contributed by atoms with Gasteiger partial charge in [-0.05, 0) is 5.92 Å². The highest BCUT2D eigenvalue weighted by Gasteiger charge is 2.50. The lowest BCUT2D eigenvalue weighted by molar-refractivity contribution is -0.137. The zero-order chi connectivity index (χ0) is 54.1. The van der Waals surface area contributed by atoms with Crippen molar-refractivity contribution < 1.29 is 80.5 Å². The van der Waals surface area contributed by atoms with Crippen LogP contribution in [0.2, 0.25) is 0 Å². The largest absolute Gasteiger partial charge is 0.481 e. The number of hydrogen-bond donors (Lipinski definition) is 9. The highest BCUT2D eigenvalue weighted by molar-refractivity contribution is 8.13. The van der Waals surface area contributed by atoms with Gasteiger partial charge >= 0.3 is 23.5 Å². The lowest BCUT2D eigenvalue weighted by Crippen LogP contribution is -2.46. The van der Waals surface area contributed by atoms with E-state index in [1.165, 1.54) is 123 Å². The van der Waals surface area contributed by atoms with Crippen molar-refractivity contribution in [2.45, 2.75) is 193 Å². The molecule has 420 valence electrons. The maximum absolute atomic E-state index is 12.8. The number of nitrogen functional groups attached to an aromatic ring is 1. The van der Waals surface area contributed by atoms with Gasteiger partial charge in [0.1, 0.15) is 36.3 Å². The summed E-state index contributed by atoms with van der Waals surface area (Å²) in [6.07, 6.45) is 18.5. The molecular formula is C45H82N7O17P3S. The highest BCUT2D eigenvalue weighted by atomic mass is 32.2. The number of phosphoric ester groups is 3. The van der Waals surface area contributed by atoms with Crippen LogP contribution in [0.1, 0.15) is 169 Å². The van der Waals surface area contributed by atoms with E-state index in [9.17, 15) is 57.9 Å². The highest BCUT2D eigenvalue weighted by Crippen LogP contribution is 2.61. The summed E-state index contributed by atoms with van der Waals surface area (Å²) in [5, 5.41) is 26.8. The molecule has 73 heavy (non-hydrogen) atoms. The normalized spacial score (nSPS) is 19.9. The molecule has 1 aliphatic rings. The number of thioether (sulfide) groups is 1. The Bertz CT molecular complexity index is 2120. The summed E-state index contributed by atoms with van der Waals surface area (Å²) in [6, 6.07) is 0. The number of phosphoric acid groups is 3. The first-order valence-electron chi connectivity index (χ1n) is 25.5. The first-order valence-corrected chi connectivity index (χ1v) is 31.0. The third kappa shape index (κ3) is 25.5. The molecule has 10 N–H and O–H groups in total. The number of ether oxygens (including phenoxy) is 1. The van der Waals surface area contributed by atoms with Gasteiger partial charge in [0.2, 0.25) is 11.8 Å². The van der Waals surface area contributed by atoms with Gasteiger partial charge in [-0.2, -0.15) is 4.31 Å². The molecule has 0 spiro atoms. The molecule has 0 bridgehead atoms. The topological polar surface area (TPSA) is 364 Å². The molecule has 24 nitrogen and oxygen atoms in total. The van der Waals surface area contributed by atoms with E-state index in [2.05, 4.69) is 48.3 Å². The molecule has 0 saturated carbocycles. The summed E-state index contributed by atoms with van der Waals surface area (Å²) >= 11 is 1.16. The Kier molecular flexibility index (Phi) is 29.3. The Morgan fingerprint density at radius 1 is 0.836 bits per heavy atom. The quantitative estimate of drug-likeness (QED) is 0.0237. The van der Waals surface area contributed by atoms with Gasteiger partial charge in [0, 0.05) is 37.1 Å². The van der Waals surface area contributed by atoms with E-state index in [1.54, 1.807) is 0 Å². The summed E-state index contributed by atoms with van der Waals surface area (Å²) in [7, 11) is -16.4. The number of carbonyl (C=O) groups is 3. The van der Waals surface area contributed by atoms with Crippen LogP contribution in [0.3, 0.4) is 0 Å². The molecule has 1 saturated heterocycles. The molecule has 3 heterocycles. The monoisotopic (exact) mass is 1120 g/mol. The number of anilines is 1. The summed E-state index contributed by atoms with van der Waals surface area (Å²) in [5.74, 6) is -0.736. The number of imidazole rings is 1. The van der Waals surface area contributed by atoms with E-state index in [1.807, 2.05) is 0 Å². The molecule has 8 unspecified atom stereocenters. The van der Waals surface area contributed by atoms with Crippen LogP contribution in [0, 0.1) is 11.3 Å². The third-order valence-electron chi connectivity index (χ3n) is 12.3. The maximum atomic E-state index is 12.8. The number of nitrogens with one attached hydrogen (secondary N) is 2. The van der Waals surface area contributed by atoms with Gasteiger partial charge in [-0.1, -0.05) is 161 Å². The van der Waals surface area contributed by atoms with E-state index >= 15 is 0 Å². The number of nitrogens with two attached hydrogens (primary N) is 1. The van der Waals surface area contributed by atoms with Crippen LogP contribution in [0.5, 0.6) is 0 Å². The van der Waals surface area contributed by atoms with Crippen LogP contribution < -0.4 is 16.4 Å². The average Bonchev–Trinajstić information content (AvgIpc) is 3.88. The Hall–Kier alpha value is -2.44. The molecular weight excluding hydrogens is 1040 g/mol. The minimum atomic E-state index is -5.58. The fourth-order valence-electron chi connectivity index (χ4n) is 8.14. The van der Waals surface area contributed by atoms with Crippen LogP contribution in [0.25, 0.3) is 11.2 Å². The molecule has 8 atom stereocenters. The van der Waals surface area contributed by atoms with E-state index in [-0.39, 0.29) is 47.5 Å². The van der Waals surface area contributed by atoms with Gasteiger partial charge in [-0.15, -0.1) is 0 Å². The molecule has 2 aromatic rings. The molecule has 2 amide bonds. The number of unbranched alkanes of at least 4 members (excludes halogenated alkanes) is 17. The van der Waals surface area contributed by atoms with Gasteiger partial charge in [0.25, 0.3) is 0 Å². The van der Waals surface area contributed by atoms with Crippen LogP contribution in [-0.2, 0) is 50.7 Å². The molecule has 0 aromatic carbocycles. The van der Waals surface area contributed by atoms with Gasteiger partial charge in [0.05, 0.1) is 19.5 Å². The van der Waals surface area contributed by atoms with Crippen LogP contribution >= 0.6 is 35.2 Å². The Morgan fingerprint density at radius 2 is 1.40 bits per heavy atom. The minimum absolute atomic E-state index is 0.0343. The number of rotatable bonds is 40. The number of aliphatic hydroxyl groups is 2. The predicted molar refractivity (Wildman–Crippen MR) is 274 cm³/mol. The van der Waals surface area contributed by atoms with Gasteiger partial charge in [-0.25, -0.2) is 28.6 Å². The van der Waals surface area contributed by atoms with Crippen molar-refractivity contribution in [2.75, 3.05) is 37.8 Å².